The highest BCUT2D eigenvalue weighted by Gasteiger charge is 1.97. The summed E-state index contributed by atoms with van der Waals surface area (Å²) >= 11 is 0. The van der Waals surface area contributed by atoms with Crippen molar-refractivity contribution >= 4 is 11.8 Å². The minimum Gasteiger partial charge on any atom is -0.369 e. The van der Waals surface area contributed by atoms with Gasteiger partial charge in [0, 0.05) is 19.3 Å². The second-order valence-electron chi connectivity index (χ2n) is 3.23. The lowest BCUT2D eigenvalue weighted by Gasteiger charge is -2.14. The summed E-state index contributed by atoms with van der Waals surface area (Å²) in [5, 5.41) is 3.20. The number of hydrogen-bond acceptors (Lipinski definition) is 6. The molecular weight excluding hydrogens is 192 g/mol. The minimum atomic E-state index is 0.420. The van der Waals surface area contributed by atoms with Crippen molar-refractivity contribution in [2.75, 3.05) is 37.4 Å². The zero-order chi connectivity index (χ0) is 11.1. The maximum atomic E-state index is 5.21. The highest BCUT2D eigenvalue weighted by molar-refractivity contribution is 5.38. The Morgan fingerprint density at radius 1 is 1.53 bits per heavy atom. The Morgan fingerprint density at radius 2 is 2.33 bits per heavy atom. The van der Waals surface area contributed by atoms with E-state index in [0.717, 1.165) is 25.5 Å². The Morgan fingerprint density at radius 3 is 3.00 bits per heavy atom. The van der Waals surface area contributed by atoms with Crippen LogP contribution in [0.1, 0.15) is 6.92 Å². The monoisotopic (exact) mass is 210 g/mol. The molecule has 0 bridgehead atoms. The van der Waals surface area contributed by atoms with Gasteiger partial charge in [0.25, 0.3) is 0 Å². The summed E-state index contributed by atoms with van der Waals surface area (Å²) in [7, 11) is 2.08. The molecule has 15 heavy (non-hydrogen) atoms. The van der Waals surface area contributed by atoms with E-state index < -0.39 is 0 Å². The largest absolute Gasteiger partial charge is 0.369 e. The van der Waals surface area contributed by atoms with Crippen molar-refractivity contribution in [2.45, 2.75) is 6.92 Å². The summed E-state index contributed by atoms with van der Waals surface area (Å²) in [4.78, 5) is 10.3. The average Bonchev–Trinajstić information content (AvgIpc) is 2.29. The maximum Gasteiger partial charge on any atom is 0.239 e. The molecule has 0 aliphatic carbocycles. The Labute approximate surface area is 89.9 Å². The van der Waals surface area contributed by atoms with Crippen LogP contribution < -0.4 is 16.6 Å². The number of nitrogens with two attached hydrogens (primary N) is 1. The van der Waals surface area contributed by atoms with Gasteiger partial charge in [-0.25, -0.2) is 10.8 Å². The van der Waals surface area contributed by atoms with Crippen LogP contribution in [0.4, 0.5) is 11.8 Å². The summed E-state index contributed by atoms with van der Waals surface area (Å²) in [6.07, 6.45) is 1.66. The zero-order valence-corrected chi connectivity index (χ0v) is 9.20. The number of hydrogen-bond donors (Lipinski definition) is 3. The number of nitrogens with one attached hydrogen (secondary N) is 2. The molecule has 84 valence electrons. The number of likely N-dealkylation sites (N-methyl/N-ethyl adjacent to an activating group) is 1. The Bertz CT molecular complexity index is 290. The first kappa shape index (κ1) is 11.7. The molecule has 0 saturated heterocycles. The van der Waals surface area contributed by atoms with Crippen LogP contribution in [0.5, 0.6) is 0 Å². The molecule has 0 aliphatic heterocycles. The van der Waals surface area contributed by atoms with Crippen molar-refractivity contribution in [3.05, 3.63) is 12.3 Å². The van der Waals surface area contributed by atoms with E-state index in [2.05, 4.69) is 39.6 Å². The van der Waals surface area contributed by atoms with Gasteiger partial charge in [0.05, 0.1) is 0 Å². The normalized spacial score (nSPS) is 10.4. The molecule has 0 amide bonds. The van der Waals surface area contributed by atoms with E-state index >= 15 is 0 Å². The molecule has 0 aromatic carbocycles. The van der Waals surface area contributed by atoms with Crippen LogP contribution in [0.2, 0.25) is 0 Å². The van der Waals surface area contributed by atoms with Gasteiger partial charge in [-0.3, -0.25) is 5.43 Å². The lowest BCUT2D eigenvalue weighted by molar-refractivity contribution is 0.367. The van der Waals surface area contributed by atoms with Gasteiger partial charge in [-0.1, -0.05) is 6.92 Å². The fraction of sp³-hybridized carbons (Fsp3) is 0.556. The molecule has 1 heterocycles. The molecule has 0 atom stereocenters. The number of hydrazine groups is 1. The Balaban J connectivity index is 2.37. The van der Waals surface area contributed by atoms with Crippen LogP contribution in [0.3, 0.4) is 0 Å². The van der Waals surface area contributed by atoms with Gasteiger partial charge in [0.15, 0.2) is 0 Å². The van der Waals surface area contributed by atoms with E-state index in [1.807, 2.05) is 6.07 Å². The van der Waals surface area contributed by atoms with Crippen molar-refractivity contribution < 1.29 is 0 Å². The van der Waals surface area contributed by atoms with Crippen LogP contribution >= 0.6 is 0 Å². The summed E-state index contributed by atoms with van der Waals surface area (Å²) < 4.78 is 0. The first-order valence-corrected chi connectivity index (χ1v) is 4.98. The van der Waals surface area contributed by atoms with Gasteiger partial charge in [0.2, 0.25) is 5.95 Å². The molecule has 0 radical (unpaired) electrons. The predicted molar refractivity (Wildman–Crippen MR) is 61.5 cm³/mol. The lowest BCUT2D eigenvalue weighted by Crippen LogP contribution is -2.25. The molecule has 4 N–H and O–H groups in total. The van der Waals surface area contributed by atoms with Gasteiger partial charge in [-0.05, 0) is 19.7 Å². The Hall–Kier alpha value is -1.40. The summed E-state index contributed by atoms with van der Waals surface area (Å²) in [6.45, 7) is 5.00. The van der Waals surface area contributed by atoms with E-state index in [4.69, 9.17) is 5.84 Å². The molecule has 0 aliphatic rings. The quantitative estimate of drug-likeness (QED) is 0.457. The second kappa shape index (κ2) is 6.15. The third-order valence-corrected chi connectivity index (χ3v) is 2.12. The number of nitrogens with zero attached hydrogens (tertiary/aromatic N) is 3. The fourth-order valence-electron chi connectivity index (χ4n) is 1.06. The van der Waals surface area contributed by atoms with E-state index in [0.29, 0.717) is 5.95 Å². The van der Waals surface area contributed by atoms with Crippen molar-refractivity contribution in [2.24, 2.45) is 5.84 Å². The standard InChI is InChI=1S/C9H18N6/c1-3-15(2)7-6-11-8-4-5-12-9(13-8)14-10/h4-5H,3,6-7,10H2,1-2H3,(H2,11,12,13,14). The summed E-state index contributed by atoms with van der Waals surface area (Å²) in [5.74, 6) is 6.41. The number of anilines is 2. The number of nitrogen functional groups attached to an aromatic ring is 1. The lowest BCUT2D eigenvalue weighted by atomic mass is 10.5. The SMILES string of the molecule is CCN(C)CCNc1ccnc(NN)n1. The third kappa shape index (κ3) is 4.09. The van der Waals surface area contributed by atoms with Crippen LogP contribution in [-0.2, 0) is 0 Å². The summed E-state index contributed by atoms with van der Waals surface area (Å²) in [5.41, 5.74) is 2.41. The van der Waals surface area contributed by atoms with Crippen molar-refractivity contribution in [3.8, 4) is 0 Å². The van der Waals surface area contributed by atoms with E-state index in [9.17, 15) is 0 Å². The molecule has 0 spiro atoms. The second-order valence-corrected chi connectivity index (χ2v) is 3.23. The van der Waals surface area contributed by atoms with Crippen molar-refractivity contribution in [3.63, 3.8) is 0 Å². The van der Waals surface area contributed by atoms with Crippen molar-refractivity contribution in [1.29, 1.82) is 0 Å². The molecule has 6 heteroatoms. The Kier molecular flexibility index (Phi) is 4.79. The summed E-state index contributed by atoms with van der Waals surface area (Å²) in [6, 6.07) is 1.81. The zero-order valence-electron chi connectivity index (χ0n) is 9.20. The molecule has 0 fully saturated rings. The molecular formula is C9H18N6. The fourth-order valence-corrected chi connectivity index (χ4v) is 1.06. The number of rotatable bonds is 6. The van der Waals surface area contributed by atoms with Crippen LogP contribution in [0, 0.1) is 0 Å². The van der Waals surface area contributed by atoms with Crippen LogP contribution in [0.25, 0.3) is 0 Å². The molecule has 1 rings (SSSR count). The number of aromatic nitrogens is 2. The topological polar surface area (TPSA) is 79.1 Å². The van der Waals surface area contributed by atoms with Gasteiger partial charge < -0.3 is 10.2 Å². The minimum absolute atomic E-state index is 0.420. The van der Waals surface area contributed by atoms with Gasteiger partial charge >= 0.3 is 0 Å². The molecule has 0 unspecified atom stereocenters. The first-order valence-electron chi connectivity index (χ1n) is 4.98. The maximum absolute atomic E-state index is 5.21. The van der Waals surface area contributed by atoms with Gasteiger partial charge in [0.1, 0.15) is 5.82 Å². The van der Waals surface area contributed by atoms with E-state index in [1.165, 1.54) is 0 Å². The smallest absolute Gasteiger partial charge is 0.239 e. The molecule has 1 aromatic heterocycles. The molecule has 1 aromatic rings. The third-order valence-electron chi connectivity index (χ3n) is 2.12. The van der Waals surface area contributed by atoms with Crippen LogP contribution in [-0.4, -0.2) is 41.5 Å². The van der Waals surface area contributed by atoms with Crippen molar-refractivity contribution in [1.82, 2.24) is 14.9 Å². The predicted octanol–water partition coefficient (Wildman–Crippen LogP) is 0.126. The highest BCUT2D eigenvalue weighted by atomic mass is 15.3. The average molecular weight is 210 g/mol. The highest BCUT2D eigenvalue weighted by Crippen LogP contribution is 2.03. The molecule has 6 nitrogen and oxygen atoms in total. The van der Waals surface area contributed by atoms with Gasteiger partial charge in [-0.15, -0.1) is 0 Å². The van der Waals surface area contributed by atoms with E-state index in [1.54, 1.807) is 6.20 Å². The van der Waals surface area contributed by atoms with Crippen LogP contribution in [0.15, 0.2) is 12.3 Å². The molecule has 0 saturated carbocycles. The first-order chi connectivity index (χ1) is 7.26. The van der Waals surface area contributed by atoms with E-state index in [-0.39, 0.29) is 0 Å². The van der Waals surface area contributed by atoms with Gasteiger partial charge in [-0.2, -0.15) is 4.98 Å².